The first kappa shape index (κ1) is 13.8. The molecular formula is C16H22N2O. The van der Waals surface area contributed by atoms with Crippen molar-refractivity contribution in [3.05, 3.63) is 23.3 Å². The minimum absolute atomic E-state index is 0.322. The summed E-state index contributed by atoms with van der Waals surface area (Å²) in [6.45, 7) is 0.707. The van der Waals surface area contributed by atoms with E-state index in [0.29, 0.717) is 23.9 Å². The van der Waals surface area contributed by atoms with Crippen molar-refractivity contribution in [1.82, 2.24) is 4.90 Å². The van der Waals surface area contributed by atoms with E-state index in [-0.39, 0.29) is 0 Å². The maximum atomic E-state index is 10.1. The zero-order chi connectivity index (χ0) is 13.8. The second-order valence-corrected chi connectivity index (χ2v) is 5.52. The summed E-state index contributed by atoms with van der Waals surface area (Å²) in [5, 5.41) is 10.1. The van der Waals surface area contributed by atoms with Gasteiger partial charge in [0.2, 0.25) is 0 Å². The summed E-state index contributed by atoms with van der Waals surface area (Å²) in [6.07, 6.45) is 4.80. The number of aromatic hydroxyl groups is 1. The first-order valence-electron chi connectivity index (χ1n) is 6.84. The van der Waals surface area contributed by atoms with Crippen LogP contribution in [0.25, 0.3) is 0 Å². The molecular weight excluding hydrogens is 236 g/mol. The lowest BCUT2D eigenvalue weighted by Crippen LogP contribution is -2.10. The van der Waals surface area contributed by atoms with Crippen LogP contribution in [0, 0.1) is 11.8 Å². The summed E-state index contributed by atoms with van der Waals surface area (Å²) in [4.78, 5) is 2.02. The van der Waals surface area contributed by atoms with Gasteiger partial charge in [-0.1, -0.05) is 24.7 Å². The third-order valence-corrected chi connectivity index (χ3v) is 3.61. The summed E-state index contributed by atoms with van der Waals surface area (Å²) in [6, 6.07) is 3.62. The monoisotopic (exact) mass is 258 g/mol. The highest BCUT2D eigenvalue weighted by Gasteiger charge is 2.20. The van der Waals surface area contributed by atoms with Crippen LogP contribution < -0.4 is 5.73 Å². The maximum absolute atomic E-state index is 10.1. The Labute approximate surface area is 115 Å². The molecule has 0 spiro atoms. The van der Waals surface area contributed by atoms with Crippen molar-refractivity contribution < 1.29 is 5.11 Å². The molecule has 0 amide bonds. The molecule has 1 fully saturated rings. The van der Waals surface area contributed by atoms with E-state index in [1.54, 1.807) is 6.07 Å². The van der Waals surface area contributed by atoms with Crippen LogP contribution in [0.4, 0.5) is 5.69 Å². The van der Waals surface area contributed by atoms with E-state index >= 15 is 0 Å². The van der Waals surface area contributed by atoms with Crippen LogP contribution in [0.1, 0.15) is 42.7 Å². The number of hydrogen-bond acceptors (Lipinski definition) is 3. The minimum atomic E-state index is 0.322. The Bertz CT molecular complexity index is 505. The number of benzene rings is 1. The zero-order valence-electron chi connectivity index (χ0n) is 11.7. The highest BCUT2D eigenvalue weighted by Crippen LogP contribution is 2.39. The molecule has 3 nitrogen and oxygen atoms in total. The maximum Gasteiger partial charge on any atom is 0.121 e. The van der Waals surface area contributed by atoms with Crippen molar-refractivity contribution in [3.63, 3.8) is 0 Å². The topological polar surface area (TPSA) is 49.5 Å². The fourth-order valence-electron chi connectivity index (χ4n) is 2.59. The molecule has 0 heterocycles. The fourth-order valence-corrected chi connectivity index (χ4v) is 2.59. The Morgan fingerprint density at radius 3 is 2.63 bits per heavy atom. The average molecular weight is 258 g/mol. The van der Waals surface area contributed by atoms with E-state index < -0.39 is 0 Å². The van der Waals surface area contributed by atoms with E-state index in [9.17, 15) is 5.11 Å². The number of anilines is 1. The SMILES string of the molecule is CN(C)CC#Cc1cc(C2CCCC2)c(O)cc1N. The molecule has 0 radical (unpaired) electrons. The van der Waals surface area contributed by atoms with E-state index in [0.717, 1.165) is 24.0 Å². The van der Waals surface area contributed by atoms with Crippen LogP contribution in [0.2, 0.25) is 0 Å². The Kier molecular flexibility index (Phi) is 4.34. The Hall–Kier alpha value is -1.66. The molecule has 0 aromatic heterocycles. The number of nitrogens with two attached hydrogens (primary N) is 1. The van der Waals surface area contributed by atoms with Crippen molar-refractivity contribution in [1.29, 1.82) is 0 Å². The van der Waals surface area contributed by atoms with Crippen molar-refractivity contribution in [3.8, 4) is 17.6 Å². The number of phenols is 1. The molecule has 1 aliphatic carbocycles. The van der Waals surface area contributed by atoms with Gasteiger partial charge in [-0.3, -0.25) is 4.90 Å². The van der Waals surface area contributed by atoms with Crippen LogP contribution in [-0.2, 0) is 0 Å². The molecule has 0 atom stereocenters. The lowest BCUT2D eigenvalue weighted by Gasteiger charge is -2.13. The summed E-state index contributed by atoms with van der Waals surface area (Å²) in [5.41, 5.74) is 8.34. The predicted octanol–water partition coefficient (Wildman–Crippen LogP) is 2.55. The van der Waals surface area contributed by atoms with E-state index in [1.165, 1.54) is 12.8 Å². The molecule has 1 aliphatic rings. The van der Waals surface area contributed by atoms with Gasteiger partial charge in [-0.25, -0.2) is 0 Å². The number of nitrogen functional groups attached to an aromatic ring is 1. The largest absolute Gasteiger partial charge is 0.508 e. The van der Waals surface area contributed by atoms with Gasteiger partial charge in [0, 0.05) is 11.6 Å². The van der Waals surface area contributed by atoms with Crippen molar-refractivity contribution in [2.24, 2.45) is 0 Å². The van der Waals surface area contributed by atoms with Gasteiger partial charge in [-0.05, 0) is 44.5 Å². The van der Waals surface area contributed by atoms with Gasteiger partial charge >= 0.3 is 0 Å². The summed E-state index contributed by atoms with van der Waals surface area (Å²) < 4.78 is 0. The normalized spacial score (nSPS) is 15.5. The van der Waals surface area contributed by atoms with Gasteiger partial charge in [0.1, 0.15) is 5.75 Å². The Balaban J connectivity index is 2.27. The zero-order valence-corrected chi connectivity index (χ0v) is 11.7. The molecule has 0 bridgehead atoms. The Morgan fingerprint density at radius 1 is 1.32 bits per heavy atom. The molecule has 3 heteroatoms. The molecule has 0 saturated heterocycles. The number of hydrogen-bond donors (Lipinski definition) is 2. The molecule has 2 rings (SSSR count). The molecule has 1 saturated carbocycles. The number of phenolic OH excluding ortho intramolecular Hbond substituents is 1. The van der Waals surface area contributed by atoms with Gasteiger partial charge in [0.05, 0.1) is 12.2 Å². The summed E-state index contributed by atoms with van der Waals surface area (Å²) >= 11 is 0. The molecule has 102 valence electrons. The molecule has 0 unspecified atom stereocenters. The molecule has 3 N–H and O–H groups in total. The van der Waals surface area contributed by atoms with Gasteiger partial charge in [-0.2, -0.15) is 0 Å². The quantitative estimate of drug-likeness (QED) is 0.633. The third-order valence-electron chi connectivity index (χ3n) is 3.61. The van der Waals surface area contributed by atoms with E-state index in [2.05, 4.69) is 11.8 Å². The fraction of sp³-hybridized carbons (Fsp3) is 0.500. The lowest BCUT2D eigenvalue weighted by atomic mass is 9.94. The van der Waals surface area contributed by atoms with Crippen LogP contribution in [0.5, 0.6) is 5.75 Å². The van der Waals surface area contributed by atoms with Gasteiger partial charge in [-0.15, -0.1) is 0 Å². The third kappa shape index (κ3) is 3.42. The van der Waals surface area contributed by atoms with Crippen LogP contribution in [-0.4, -0.2) is 30.6 Å². The van der Waals surface area contributed by atoms with Gasteiger partial charge in [0.25, 0.3) is 0 Å². The molecule has 1 aromatic rings. The van der Waals surface area contributed by atoms with E-state index in [1.807, 2.05) is 25.1 Å². The molecule has 19 heavy (non-hydrogen) atoms. The lowest BCUT2D eigenvalue weighted by molar-refractivity contribution is 0.461. The minimum Gasteiger partial charge on any atom is -0.508 e. The molecule has 0 aliphatic heterocycles. The van der Waals surface area contributed by atoms with Gasteiger partial charge in [0.15, 0.2) is 0 Å². The second kappa shape index (κ2) is 5.99. The first-order valence-corrected chi connectivity index (χ1v) is 6.84. The van der Waals surface area contributed by atoms with Gasteiger partial charge < -0.3 is 10.8 Å². The van der Waals surface area contributed by atoms with Crippen LogP contribution in [0.15, 0.2) is 12.1 Å². The summed E-state index contributed by atoms with van der Waals surface area (Å²) in [7, 11) is 3.97. The highest BCUT2D eigenvalue weighted by molar-refractivity contribution is 5.61. The average Bonchev–Trinajstić information content (AvgIpc) is 2.85. The Morgan fingerprint density at radius 2 is 2.00 bits per heavy atom. The number of rotatable bonds is 2. The second-order valence-electron chi connectivity index (χ2n) is 5.52. The van der Waals surface area contributed by atoms with Crippen molar-refractivity contribution in [2.45, 2.75) is 31.6 Å². The molecule has 1 aromatic carbocycles. The number of nitrogens with zero attached hydrogens (tertiary/aromatic N) is 1. The van der Waals surface area contributed by atoms with Crippen LogP contribution >= 0.6 is 0 Å². The van der Waals surface area contributed by atoms with E-state index in [4.69, 9.17) is 5.73 Å². The standard InChI is InChI=1S/C16H22N2O/c1-18(2)9-5-8-13-10-14(12-6-3-4-7-12)16(19)11-15(13)17/h10-12,19H,3-4,6-7,9,17H2,1-2H3. The first-order chi connectivity index (χ1) is 9.08. The summed E-state index contributed by atoms with van der Waals surface area (Å²) in [5.74, 6) is 6.99. The predicted molar refractivity (Wildman–Crippen MR) is 79.2 cm³/mol. The van der Waals surface area contributed by atoms with Crippen LogP contribution in [0.3, 0.4) is 0 Å². The van der Waals surface area contributed by atoms with Crippen molar-refractivity contribution in [2.75, 3.05) is 26.4 Å². The van der Waals surface area contributed by atoms with Crippen molar-refractivity contribution >= 4 is 5.69 Å². The highest BCUT2D eigenvalue weighted by atomic mass is 16.3. The smallest absolute Gasteiger partial charge is 0.121 e.